The lowest BCUT2D eigenvalue weighted by atomic mass is 9.74. The lowest BCUT2D eigenvalue weighted by molar-refractivity contribution is 0.628. The molecule has 0 bridgehead atoms. The molecule has 5 nitrogen and oxygen atoms in total. The number of aromatic nitrogens is 4. The van der Waals surface area contributed by atoms with Gasteiger partial charge in [0.1, 0.15) is 11.5 Å². The maximum absolute atomic E-state index is 5.24. The van der Waals surface area contributed by atoms with E-state index in [1.807, 2.05) is 12.4 Å². The number of anilines is 3. The van der Waals surface area contributed by atoms with Crippen molar-refractivity contribution < 1.29 is 0 Å². The van der Waals surface area contributed by atoms with Crippen LogP contribution < -0.4 is 25.6 Å². The van der Waals surface area contributed by atoms with Crippen LogP contribution in [-0.4, -0.2) is 27.0 Å². The Balaban J connectivity index is 1.10. The Labute approximate surface area is 378 Å². The molecule has 0 saturated heterocycles. The molecular weight excluding hydrogens is 807 g/mol. The molecule has 1 aliphatic heterocycles. The standard InChI is InChI=1S/C59H43N5Si/c1-59(2)51-28-17-33-60-58(51)64(56-38-49-48-27-13-15-30-54(48)63(55(49)39-52(56)59)40-18-6-3-7-19-40)41-20-16-25-44(36-41)65(42-21-8-4-9-22-42,43-23-10-5-11-24-43)45-31-32-46-47-26-12-14-29-53(47)62-35-34-61-57(62)50(46)37-45/h3-39H,1-2H3. The normalized spacial score (nSPS) is 13.5. The Morgan fingerprint density at radius 1 is 0.415 bits per heavy atom. The molecule has 308 valence electrons. The predicted octanol–water partition coefficient (Wildman–Crippen LogP) is 11.6. The van der Waals surface area contributed by atoms with Crippen LogP contribution in [0.2, 0.25) is 0 Å². The van der Waals surface area contributed by atoms with Crippen LogP contribution in [0.25, 0.3) is 54.8 Å². The number of hydrogen-bond donors (Lipinski definition) is 0. The summed E-state index contributed by atoms with van der Waals surface area (Å²) in [4.78, 5) is 12.7. The van der Waals surface area contributed by atoms with Crippen LogP contribution >= 0.6 is 0 Å². The highest BCUT2D eigenvalue weighted by molar-refractivity contribution is 7.20. The Hall–Kier alpha value is -8.06. The number of benzene rings is 8. The van der Waals surface area contributed by atoms with Crippen LogP contribution in [0.15, 0.2) is 225 Å². The number of imidazole rings is 1. The average Bonchev–Trinajstić information content (AvgIpc) is 3.99. The maximum Gasteiger partial charge on any atom is 0.179 e. The number of fused-ring (bicyclic) bond motifs is 11. The third-order valence-corrected chi connectivity index (χ3v) is 18.9. The second-order valence-corrected chi connectivity index (χ2v) is 21.6. The first-order valence-corrected chi connectivity index (χ1v) is 24.4. The monoisotopic (exact) mass is 849 g/mol. The summed E-state index contributed by atoms with van der Waals surface area (Å²) in [7, 11) is -3.06. The topological polar surface area (TPSA) is 38.4 Å². The first-order chi connectivity index (χ1) is 32.0. The quantitative estimate of drug-likeness (QED) is 0.0950. The molecule has 0 spiro atoms. The largest absolute Gasteiger partial charge is 0.309 e. The molecule has 0 aliphatic carbocycles. The van der Waals surface area contributed by atoms with Crippen LogP contribution in [0.5, 0.6) is 0 Å². The van der Waals surface area contributed by atoms with Crippen molar-refractivity contribution in [3.8, 4) is 5.69 Å². The summed E-state index contributed by atoms with van der Waals surface area (Å²) >= 11 is 0. The minimum atomic E-state index is -3.06. The van der Waals surface area contributed by atoms with Gasteiger partial charge in [0.2, 0.25) is 0 Å². The zero-order valence-electron chi connectivity index (χ0n) is 36.1. The van der Waals surface area contributed by atoms with Gasteiger partial charge in [0.15, 0.2) is 8.07 Å². The molecule has 0 saturated carbocycles. The zero-order valence-corrected chi connectivity index (χ0v) is 37.1. The van der Waals surface area contributed by atoms with Gasteiger partial charge < -0.3 is 4.57 Å². The Morgan fingerprint density at radius 3 is 1.80 bits per heavy atom. The van der Waals surface area contributed by atoms with Crippen molar-refractivity contribution in [1.29, 1.82) is 0 Å². The molecule has 6 heteroatoms. The van der Waals surface area contributed by atoms with E-state index in [2.05, 4.69) is 240 Å². The Kier molecular flexibility index (Phi) is 8.20. The molecule has 65 heavy (non-hydrogen) atoms. The van der Waals surface area contributed by atoms with Gasteiger partial charge in [-0.25, -0.2) is 9.97 Å². The smallest absolute Gasteiger partial charge is 0.179 e. The molecule has 0 unspecified atom stereocenters. The van der Waals surface area contributed by atoms with Crippen molar-refractivity contribution in [3.63, 3.8) is 0 Å². The fraction of sp³-hybridized carbons (Fsp3) is 0.0508. The molecular formula is C59H43N5Si. The van der Waals surface area contributed by atoms with Gasteiger partial charge in [-0.15, -0.1) is 0 Å². The van der Waals surface area contributed by atoms with Crippen LogP contribution in [0.3, 0.4) is 0 Å². The number of para-hydroxylation sites is 3. The average molecular weight is 850 g/mol. The van der Waals surface area contributed by atoms with Crippen LogP contribution in [0.1, 0.15) is 25.0 Å². The van der Waals surface area contributed by atoms with E-state index in [0.29, 0.717) is 0 Å². The molecule has 4 aromatic heterocycles. The summed E-state index contributed by atoms with van der Waals surface area (Å²) in [6.07, 6.45) is 5.95. The van der Waals surface area contributed by atoms with Gasteiger partial charge in [-0.05, 0) is 86.3 Å². The van der Waals surface area contributed by atoms with Crippen LogP contribution in [0, 0.1) is 0 Å². The van der Waals surface area contributed by atoms with Crippen molar-refractivity contribution in [2.45, 2.75) is 19.3 Å². The molecule has 0 amide bonds. The van der Waals surface area contributed by atoms with Crippen LogP contribution in [0.4, 0.5) is 17.2 Å². The van der Waals surface area contributed by atoms with Crippen LogP contribution in [-0.2, 0) is 5.41 Å². The molecule has 0 atom stereocenters. The van der Waals surface area contributed by atoms with Crippen molar-refractivity contribution in [3.05, 3.63) is 236 Å². The van der Waals surface area contributed by atoms with Gasteiger partial charge in [0, 0.05) is 62.5 Å². The van der Waals surface area contributed by atoms with Crippen molar-refractivity contribution in [1.82, 2.24) is 18.9 Å². The summed E-state index contributed by atoms with van der Waals surface area (Å²) in [5, 5.41) is 11.2. The highest BCUT2D eigenvalue weighted by Crippen LogP contribution is 2.53. The van der Waals surface area contributed by atoms with E-state index in [0.717, 1.165) is 39.4 Å². The Morgan fingerprint density at radius 2 is 1.05 bits per heavy atom. The molecule has 0 N–H and O–H groups in total. The lowest BCUT2D eigenvalue weighted by Crippen LogP contribution is -2.74. The number of hydrogen-bond acceptors (Lipinski definition) is 3. The van der Waals surface area contributed by atoms with Crippen molar-refractivity contribution >= 4 is 95.1 Å². The summed E-state index contributed by atoms with van der Waals surface area (Å²) in [6, 6.07) is 76.5. The van der Waals surface area contributed by atoms with Crippen molar-refractivity contribution in [2.24, 2.45) is 0 Å². The van der Waals surface area contributed by atoms with Crippen molar-refractivity contribution in [2.75, 3.05) is 4.90 Å². The molecule has 0 fully saturated rings. The van der Waals surface area contributed by atoms with Gasteiger partial charge in [-0.2, -0.15) is 0 Å². The first kappa shape index (κ1) is 37.5. The minimum Gasteiger partial charge on any atom is -0.309 e. The van der Waals surface area contributed by atoms with E-state index in [-0.39, 0.29) is 5.41 Å². The Bertz CT molecular complexity index is 3780. The maximum atomic E-state index is 5.24. The molecule has 13 rings (SSSR count). The molecule has 0 radical (unpaired) electrons. The van der Waals surface area contributed by atoms with E-state index in [1.54, 1.807) is 0 Å². The summed E-state index contributed by atoms with van der Waals surface area (Å²) in [5.74, 6) is 0.958. The molecule has 12 aromatic rings. The summed E-state index contributed by atoms with van der Waals surface area (Å²) < 4.78 is 4.67. The lowest BCUT2D eigenvalue weighted by Gasteiger charge is -2.41. The van der Waals surface area contributed by atoms with E-state index >= 15 is 0 Å². The third-order valence-electron chi connectivity index (χ3n) is 14.1. The SMILES string of the molecule is CC1(C)c2cc3c(cc2N(c2cccc([Si](c4ccccc4)(c4ccccc4)c4ccc5c6ccccc6n6ccnc6c5c4)c2)c2ncccc21)c1ccccc1n3-c1ccccc1. The third kappa shape index (κ3) is 5.38. The fourth-order valence-electron chi connectivity index (χ4n) is 11.2. The first-order valence-electron chi connectivity index (χ1n) is 22.4. The number of nitrogens with zero attached hydrogens (tertiary/aromatic N) is 5. The van der Waals surface area contributed by atoms with Gasteiger partial charge >= 0.3 is 0 Å². The predicted molar refractivity (Wildman–Crippen MR) is 273 cm³/mol. The van der Waals surface area contributed by atoms with Gasteiger partial charge in [-0.3, -0.25) is 9.30 Å². The second kappa shape index (κ2) is 14.2. The summed E-state index contributed by atoms with van der Waals surface area (Å²) in [6.45, 7) is 4.70. The molecule has 8 aromatic carbocycles. The highest BCUT2D eigenvalue weighted by atomic mass is 28.3. The second-order valence-electron chi connectivity index (χ2n) is 17.8. The molecule has 1 aliphatic rings. The van der Waals surface area contributed by atoms with Gasteiger partial charge in [0.25, 0.3) is 0 Å². The van der Waals surface area contributed by atoms with Gasteiger partial charge in [0.05, 0.1) is 22.2 Å². The summed E-state index contributed by atoms with van der Waals surface area (Å²) in [5.41, 5.74) is 10.0. The number of pyridine rings is 2. The van der Waals surface area contributed by atoms with E-state index < -0.39 is 8.07 Å². The zero-order chi connectivity index (χ0) is 43.3. The van der Waals surface area contributed by atoms with E-state index in [1.165, 1.54) is 64.5 Å². The van der Waals surface area contributed by atoms with E-state index in [4.69, 9.17) is 9.97 Å². The fourth-order valence-corrected chi connectivity index (χ4v) is 16.0. The van der Waals surface area contributed by atoms with Gasteiger partial charge in [-0.1, -0.05) is 166 Å². The molecule has 5 heterocycles. The highest BCUT2D eigenvalue weighted by Gasteiger charge is 2.43. The minimum absolute atomic E-state index is 0.334. The number of rotatable bonds is 6. The van der Waals surface area contributed by atoms with E-state index in [9.17, 15) is 0 Å².